The molecule has 2 nitrogen and oxygen atoms in total. The third-order valence-corrected chi connectivity index (χ3v) is 3.13. The molecule has 3 heteroatoms. The molecule has 2 aromatic carbocycles. The van der Waals surface area contributed by atoms with Crippen LogP contribution in [0.5, 0.6) is 0 Å². The van der Waals surface area contributed by atoms with E-state index in [1.165, 1.54) is 12.1 Å². The van der Waals surface area contributed by atoms with Crippen LogP contribution in [0.25, 0.3) is 0 Å². The molecule has 19 heavy (non-hydrogen) atoms. The molecule has 0 heterocycles. The van der Waals surface area contributed by atoms with Crippen molar-refractivity contribution in [3.63, 3.8) is 0 Å². The maximum Gasteiger partial charge on any atom is 0.123 e. The first kappa shape index (κ1) is 13.7. The molecule has 0 spiro atoms. The highest BCUT2D eigenvalue weighted by molar-refractivity contribution is 5.22. The molecule has 0 amide bonds. The zero-order valence-corrected chi connectivity index (χ0v) is 10.9. The smallest absolute Gasteiger partial charge is 0.123 e. The Morgan fingerprint density at radius 2 is 1.84 bits per heavy atom. The predicted molar refractivity (Wildman–Crippen MR) is 74.3 cm³/mol. The maximum absolute atomic E-state index is 13.2. The summed E-state index contributed by atoms with van der Waals surface area (Å²) >= 11 is 0. The average Bonchev–Trinajstić information content (AvgIpc) is 2.41. The van der Waals surface area contributed by atoms with Crippen LogP contribution in [-0.4, -0.2) is 13.2 Å². The van der Waals surface area contributed by atoms with Crippen LogP contribution in [0.15, 0.2) is 54.6 Å². The van der Waals surface area contributed by atoms with Crippen molar-refractivity contribution in [1.82, 2.24) is 0 Å². The monoisotopic (exact) mass is 259 g/mol. The second-order valence-electron chi connectivity index (χ2n) is 4.56. The molecule has 0 saturated carbocycles. The molecule has 2 unspecified atom stereocenters. The summed E-state index contributed by atoms with van der Waals surface area (Å²) in [5.74, 6) is -0.238. The highest BCUT2D eigenvalue weighted by Crippen LogP contribution is 2.21. The largest absolute Gasteiger partial charge is 0.375 e. The van der Waals surface area contributed by atoms with Crippen molar-refractivity contribution in [3.05, 3.63) is 71.5 Å². The summed E-state index contributed by atoms with van der Waals surface area (Å²) in [5.41, 5.74) is 8.11. The minimum absolute atomic E-state index is 0.190. The molecule has 0 aliphatic carbocycles. The van der Waals surface area contributed by atoms with Gasteiger partial charge in [-0.25, -0.2) is 4.39 Å². The molecule has 100 valence electrons. The van der Waals surface area contributed by atoms with Crippen molar-refractivity contribution in [2.24, 2.45) is 5.73 Å². The molecule has 2 aromatic rings. The van der Waals surface area contributed by atoms with Crippen molar-refractivity contribution in [2.75, 3.05) is 7.11 Å². The lowest BCUT2D eigenvalue weighted by molar-refractivity contribution is 0.0802. The van der Waals surface area contributed by atoms with E-state index in [0.717, 1.165) is 11.1 Å². The summed E-state index contributed by atoms with van der Waals surface area (Å²) in [6.45, 7) is 0. The third-order valence-electron chi connectivity index (χ3n) is 3.13. The van der Waals surface area contributed by atoms with Crippen molar-refractivity contribution in [2.45, 2.75) is 18.6 Å². The lowest BCUT2D eigenvalue weighted by atomic mass is 9.97. The van der Waals surface area contributed by atoms with Crippen molar-refractivity contribution >= 4 is 0 Å². The molecule has 0 radical (unpaired) electrons. The minimum Gasteiger partial charge on any atom is -0.375 e. The first-order valence-corrected chi connectivity index (χ1v) is 6.28. The van der Waals surface area contributed by atoms with Crippen molar-refractivity contribution < 1.29 is 9.13 Å². The SMILES string of the molecule is COC(c1ccccc1)C(N)Cc1cccc(F)c1. The molecule has 0 aliphatic heterocycles. The van der Waals surface area contributed by atoms with E-state index in [2.05, 4.69) is 0 Å². The summed E-state index contributed by atoms with van der Waals surface area (Å²) < 4.78 is 18.6. The average molecular weight is 259 g/mol. The van der Waals surface area contributed by atoms with Crippen LogP contribution in [-0.2, 0) is 11.2 Å². The molecule has 0 aliphatic rings. The Morgan fingerprint density at radius 3 is 2.47 bits per heavy atom. The van der Waals surface area contributed by atoms with Gasteiger partial charge in [-0.3, -0.25) is 0 Å². The van der Waals surface area contributed by atoms with E-state index in [1.807, 2.05) is 36.4 Å². The highest BCUT2D eigenvalue weighted by atomic mass is 19.1. The standard InChI is InChI=1S/C16H18FNO/c1-19-16(13-7-3-2-4-8-13)15(18)11-12-6-5-9-14(17)10-12/h2-10,15-16H,11,18H2,1H3. The summed E-state index contributed by atoms with van der Waals surface area (Å²) in [6.07, 6.45) is 0.384. The Kier molecular flexibility index (Phi) is 4.66. The topological polar surface area (TPSA) is 35.2 Å². The molecule has 0 saturated heterocycles. The van der Waals surface area contributed by atoms with Gasteiger partial charge in [-0.2, -0.15) is 0 Å². The Bertz CT molecular complexity index is 515. The van der Waals surface area contributed by atoms with Gasteiger partial charge in [-0.1, -0.05) is 42.5 Å². The van der Waals surface area contributed by atoms with Crippen LogP contribution in [0.1, 0.15) is 17.2 Å². The number of rotatable bonds is 5. The van der Waals surface area contributed by atoms with Gasteiger partial charge < -0.3 is 10.5 Å². The van der Waals surface area contributed by atoms with Gasteiger partial charge in [-0.05, 0) is 29.7 Å². The number of hydrogen-bond acceptors (Lipinski definition) is 2. The second-order valence-corrected chi connectivity index (χ2v) is 4.56. The molecule has 0 fully saturated rings. The number of nitrogens with two attached hydrogens (primary N) is 1. The molecule has 2 atom stereocenters. The van der Waals surface area contributed by atoms with Crippen LogP contribution in [0.3, 0.4) is 0 Å². The third kappa shape index (κ3) is 3.63. The summed E-state index contributed by atoms with van der Waals surface area (Å²) in [5, 5.41) is 0. The number of hydrogen-bond donors (Lipinski definition) is 1. The van der Waals surface area contributed by atoms with Crippen LogP contribution in [0.2, 0.25) is 0 Å². The fourth-order valence-electron chi connectivity index (χ4n) is 2.24. The Morgan fingerprint density at radius 1 is 1.11 bits per heavy atom. The maximum atomic E-state index is 13.2. The van der Waals surface area contributed by atoms with Crippen LogP contribution in [0.4, 0.5) is 4.39 Å². The van der Waals surface area contributed by atoms with E-state index in [1.54, 1.807) is 13.2 Å². The van der Waals surface area contributed by atoms with E-state index < -0.39 is 0 Å². The van der Waals surface area contributed by atoms with Crippen LogP contribution < -0.4 is 5.73 Å². The normalized spacial score (nSPS) is 14.1. The Balaban J connectivity index is 2.11. The first-order chi connectivity index (χ1) is 9.20. The lowest BCUT2D eigenvalue weighted by Crippen LogP contribution is -2.31. The van der Waals surface area contributed by atoms with Crippen LogP contribution in [0, 0.1) is 5.82 Å². The van der Waals surface area contributed by atoms with Gasteiger partial charge in [0.25, 0.3) is 0 Å². The molecular formula is C16H18FNO. The quantitative estimate of drug-likeness (QED) is 0.895. The van der Waals surface area contributed by atoms with Gasteiger partial charge in [0, 0.05) is 13.2 Å². The lowest BCUT2D eigenvalue weighted by Gasteiger charge is -2.23. The number of benzene rings is 2. The van der Waals surface area contributed by atoms with E-state index in [9.17, 15) is 4.39 Å². The van der Waals surface area contributed by atoms with Gasteiger partial charge in [0.1, 0.15) is 5.82 Å². The molecule has 0 aromatic heterocycles. The van der Waals surface area contributed by atoms with Gasteiger partial charge in [0.05, 0.1) is 6.10 Å². The molecule has 2 N–H and O–H groups in total. The minimum atomic E-state index is -0.238. The summed E-state index contributed by atoms with van der Waals surface area (Å²) in [6, 6.07) is 16.1. The fourth-order valence-corrected chi connectivity index (χ4v) is 2.24. The van der Waals surface area contributed by atoms with E-state index in [-0.39, 0.29) is 18.0 Å². The number of halogens is 1. The first-order valence-electron chi connectivity index (χ1n) is 6.28. The molecule has 0 bridgehead atoms. The van der Waals surface area contributed by atoms with E-state index in [0.29, 0.717) is 6.42 Å². The Hall–Kier alpha value is -1.71. The zero-order valence-electron chi connectivity index (χ0n) is 10.9. The van der Waals surface area contributed by atoms with E-state index >= 15 is 0 Å². The Labute approximate surface area is 113 Å². The zero-order chi connectivity index (χ0) is 13.7. The van der Waals surface area contributed by atoms with Gasteiger partial charge >= 0.3 is 0 Å². The summed E-state index contributed by atoms with van der Waals surface area (Å²) in [4.78, 5) is 0. The summed E-state index contributed by atoms with van der Waals surface area (Å²) in [7, 11) is 1.64. The van der Waals surface area contributed by atoms with Gasteiger partial charge in [0.2, 0.25) is 0 Å². The van der Waals surface area contributed by atoms with E-state index in [4.69, 9.17) is 10.5 Å². The second kappa shape index (κ2) is 6.45. The number of ether oxygens (including phenoxy) is 1. The highest BCUT2D eigenvalue weighted by Gasteiger charge is 2.19. The van der Waals surface area contributed by atoms with Crippen molar-refractivity contribution in [3.8, 4) is 0 Å². The number of methoxy groups -OCH3 is 1. The van der Waals surface area contributed by atoms with Gasteiger partial charge in [0.15, 0.2) is 0 Å². The van der Waals surface area contributed by atoms with Crippen LogP contribution >= 0.6 is 0 Å². The predicted octanol–water partition coefficient (Wildman–Crippen LogP) is 3.08. The molecular weight excluding hydrogens is 241 g/mol. The fraction of sp³-hybridized carbons (Fsp3) is 0.250. The van der Waals surface area contributed by atoms with Gasteiger partial charge in [-0.15, -0.1) is 0 Å². The molecule has 2 rings (SSSR count). The van der Waals surface area contributed by atoms with Crippen molar-refractivity contribution in [1.29, 1.82) is 0 Å².